The van der Waals surface area contributed by atoms with Crippen LogP contribution in [-0.4, -0.2) is 68.5 Å². The number of allylic oxidation sites excluding steroid dienone is 1. The van der Waals surface area contributed by atoms with Crippen molar-refractivity contribution in [3.8, 4) is 0 Å². The minimum Gasteiger partial charge on any atom is -0.756 e. The SMILES string of the molecule is CCCCCCCCCCCCCCCCCCCCCCCCC(=O)N[C@@H](COP(=O)([O-])OCC[N+](C)(C)C)[C@H](O)/C=C/CCCCCCCCCC(C)C. The third-order valence-corrected chi connectivity index (χ3v) is 11.9. The van der Waals surface area contributed by atoms with Crippen molar-refractivity contribution in [2.45, 2.75) is 238 Å². The number of phosphoric acid groups is 1. The van der Waals surface area contributed by atoms with Gasteiger partial charge in [0.15, 0.2) is 0 Å². The summed E-state index contributed by atoms with van der Waals surface area (Å²) in [5.74, 6) is 0.593. The Morgan fingerprint density at radius 2 is 1.07 bits per heavy atom. The smallest absolute Gasteiger partial charge is 0.268 e. The van der Waals surface area contributed by atoms with Crippen LogP contribution >= 0.6 is 7.82 Å². The fourth-order valence-electron chi connectivity index (χ4n) is 7.10. The number of carbonyl (C=O) groups excluding carboxylic acids is 1. The zero-order valence-electron chi connectivity index (χ0n) is 38.0. The van der Waals surface area contributed by atoms with E-state index < -0.39 is 20.0 Å². The lowest BCUT2D eigenvalue weighted by molar-refractivity contribution is -0.870. The zero-order valence-corrected chi connectivity index (χ0v) is 38.9. The lowest BCUT2D eigenvalue weighted by Gasteiger charge is -2.29. The van der Waals surface area contributed by atoms with Crippen LogP contribution in [0, 0.1) is 5.92 Å². The Hall–Kier alpha value is -0.760. The predicted molar refractivity (Wildman–Crippen MR) is 238 cm³/mol. The zero-order chi connectivity index (χ0) is 41.6. The van der Waals surface area contributed by atoms with Crippen LogP contribution in [0.25, 0.3) is 0 Å². The quantitative estimate of drug-likeness (QED) is 0.0275. The van der Waals surface area contributed by atoms with Crippen LogP contribution in [0.2, 0.25) is 0 Å². The highest BCUT2D eigenvalue weighted by Gasteiger charge is 2.23. The molecule has 0 aliphatic rings. The lowest BCUT2D eigenvalue weighted by atomic mass is 10.0. The molecular formula is C47H95N2O6P. The first-order chi connectivity index (χ1) is 26.9. The lowest BCUT2D eigenvalue weighted by Crippen LogP contribution is -2.45. The van der Waals surface area contributed by atoms with Gasteiger partial charge in [0, 0.05) is 6.42 Å². The topological polar surface area (TPSA) is 108 Å². The molecule has 8 nitrogen and oxygen atoms in total. The van der Waals surface area contributed by atoms with E-state index in [1.165, 1.54) is 161 Å². The number of rotatable bonds is 43. The average Bonchev–Trinajstić information content (AvgIpc) is 3.13. The summed E-state index contributed by atoms with van der Waals surface area (Å²) in [5.41, 5.74) is 0. The van der Waals surface area contributed by atoms with Gasteiger partial charge in [0.25, 0.3) is 7.82 Å². The van der Waals surface area contributed by atoms with E-state index in [4.69, 9.17) is 9.05 Å². The third-order valence-electron chi connectivity index (χ3n) is 10.9. The summed E-state index contributed by atoms with van der Waals surface area (Å²) < 4.78 is 23.2. The maximum Gasteiger partial charge on any atom is 0.268 e. The fourth-order valence-corrected chi connectivity index (χ4v) is 7.83. The second-order valence-electron chi connectivity index (χ2n) is 18.3. The van der Waals surface area contributed by atoms with E-state index in [-0.39, 0.29) is 19.1 Å². The molecule has 0 fully saturated rings. The van der Waals surface area contributed by atoms with E-state index in [0.29, 0.717) is 17.4 Å². The van der Waals surface area contributed by atoms with Gasteiger partial charge in [-0.2, -0.15) is 0 Å². The predicted octanol–water partition coefficient (Wildman–Crippen LogP) is 12.8. The summed E-state index contributed by atoms with van der Waals surface area (Å²) in [7, 11) is 1.27. The first-order valence-electron chi connectivity index (χ1n) is 23.9. The van der Waals surface area contributed by atoms with Crippen molar-refractivity contribution >= 4 is 13.7 Å². The maximum atomic E-state index is 12.9. The summed E-state index contributed by atoms with van der Waals surface area (Å²) in [6.45, 7) is 6.97. The standard InChI is InChI=1S/C47H95N2O6P/c1-7-8-9-10-11-12-13-14-15-16-17-18-19-20-21-22-23-24-28-31-34-37-40-47(51)48-45(43-55-56(52,53)54-42-41-49(4,5)6)46(50)39-36-33-30-27-25-26-29-32-35-38-44(2)3/h36,39,44-46,50H,7-35,37-38,40-43H2,1-6H3,(H-,48,51,52,53)/b39-36+/t45-,46+/m0/s1. The van der Waals surface area contributed by atoms with E-state index in [9.17, 15) is 19.4 Å². The van der Waals surface area contributed by atoms with Crippen LogP contribution in [0.1, 0.15) is 226 Å². The number of nitrogens with one attached hydrogen (secondary N) is 1. The Labute approximate surface area is 348 Å². The van der Waals surface area contributed by atoms with Gasteiger partial charge in [0.2, 0.25) is 5.91 Å². The van der Waals surface area contributed by atoms with Crippen molar-refractivity contribution in [1.82, 2.24) is 5.32 Å². The number of likely N-dealkylation sites (N-methyl/N-ethyl adjacent to an activating group) is 1. The molecule has 0 heterocycles. The summed E-state index contributed by atoms with van der Waals surface area (Å²) in [6.07, 6.45) is 42.7. The normalized spacial score (nSPS) is 14.4. The van der Waals surface area contributed by atoms with Gasteiger partial charge in [-0.25, -0.2) is 0 Å². The number of unbranched alkanes of at least 4 members (excludes halogenated alkanes) is 28. The van der Waals surface area contributed by atoms with E-state index in [2.05, 4.69) is 26.1 Å². The van der Waals surface area contributed by atoms with Gasteiger partial charge < -0.3 is 28.8 Å². The molecule has 0 saturated carbocycles. The summed E-state index contributed by atoms with van der Waals surface area (Å²) in [5, 5.41) is 13.8. The molecule has 0 aliphatic carbocycles. The summed E-state index contributed by atoms with van der Waals surface area (Å²) in [4.78, 5) is 25.3. The average molecular weight is 815 g/mol. The molecule has 0 aromatic heterocycles. The van der Waals surface area contributed by atoms with Gasteiger partial charge in [-0.1, -0.05) is 213 Å². The molecule has 0 bridgehead atoms. The molecule has 1 unspecified atom stereocenters. The van der Waals surface area contributed by atoms with Crippen molar-refractivity contribution in [2.24, 2.45) is 5.92 Å². The minimum absolute atomic E-state index is 0.00120. The highest BCUT2D eigenvalue weighted by atomic mass is 31.2. The Balaban J connectivity index is 4.23. The van der Waals surface area contributed by atoms with Crippen LogP contribution in [0.4, 0.5) is 0 Å². The number of aliphatic hydroxyl groups is 1. The molecule has 3 atom stereocenters. The van der Waals surface area contributed by atoms with Crippen LogP contribution in [0.15, 0.2) is 12.2 Å². The second kappa shape index (κ2) is 38.4. The largest absolute Gasteiger partial charge is 0.756 e. The van der Waals surface area contributed by atoms with Crippen molar-refractivity contribution in [3.63, 3.8) is 0 Å². The Kier molecular flexibility index (Phi) is 37.9. The number of aliphatic hydroxyl groups excluding tert-OH is 1. The fraction of sp³-hybridized carbons (Fsp3) is 0.936. The molecule has 0 aromatic carbocycles. The van der Waals surface area contributed by atoms with Crippen LogP contribution in [0.5, 0.6) is 0 Å². The first kappa shape index (κ1) is 55.2. The number of hydrogen-bond acceptors (Lipinski definition) is 6. The van der Waals surface area contributed by atoms with Crippen LogP contribution in [0.3, 0.4) is 0 Å². The molecule has 0 aromatic rings. The number of carbonyl (C=O) groups is 1. The van der Waals surface area contributed by atoms with Crippen molar-refractivity contribution in [1.29, 1.82) is 0 Å². The highest BCUT2D eigenvalue weighted by molar-refractivity contribution is 7.45. The molecule has 0 saturated heterocycles. The van der Waals surface area contributed by atoms with Crippen molar-refractivity contribution in [3.05, 3.63) is 12.2 Å². The van der Waals surface area contributed by atoms with Gasteiger partial charge in [-0.05, 0) is 25.2 Å². The number of nitrogens with zero attached hydrogens (tertiary/aromatic N) is 1. The van der Waals surface area contributed by atoms with E-state index in [1.807, 2.05) is 27.2 Å². The van der Waals surface area contributed by atoms with Crippen molar-refractivity contribution < 1.29 is 32.9 Å². The summed E-state index contributed by atoms with van der Waals surface area (Å²) >= 11 is 0. The van der Waals surface area contributed by atoms with Gasteiger partial charge in [0.1, 0.15) is 13.2 Å². The van der Waals surface area contributed by atoms with Crippen LogP contribution in [-0.2, 0) is 18.4 Å². The molecule has 1 amide bonds. The number of hydrogen-bond donors (Lipinski definition) is 2. The van der Waals surface area contributed by atoms with Crippen molar-refractivity contribution in [2.75, 3.05) is 40.9 Å². The monoisotopic (exact) mass is 815 g/mol. The first-order valence-corrected chi connectivity index (χ1v) is 25.4. The maximum absolute atomic E-state index is 12.9. The Morgan fingerprint density at radius 1 is 0.661 bits per heavy atom. The molecule has 9 heteroatoms. The molecule has 334 valence electrons. The van der Waals surface area contributed by atoms with Crippen LogP contribution < -0.4 is 10.2 Å². The Bertz CT molecular complexity index is 940. The molecule has 0 spiro atoms. The number of phosphoric ester groups is 1. The van der Waals surface area contributed by atoms with E-state index >= 15 is 0 Å². The molecule has 2 N–H and O–H groups in total. The second-order valence-corrected chi connectivity index (χ2v) is 19.7. The van der Waals surface area contributed by atoms with E-state index in [1.54, 1.807) is 6.08 Å². The third kappa shape index (κ3) is 41.4. The summed E-state index contributed by atoms with van der Waals surface area (Å²) in [6, 6.07) is -0.881. The van der Waals surface area contributed by atoms with E-state index in [0.717, 1.165) is 44.4 Å². The Morgan fingerprint density at radius 3 is 1.50 bits per heavy atom. The van der Waals surface area contributed by atoms with Gasteiger partial charge >= 0.3 is 0 Å². The number of amides is 1. The molecule has 0 radical (unpaired) electrons. The molecule has 0 aliphatic heterocycles. The highest BCUT2D eigenvalue weighted by Crippen LogP contribution is 2.38. The van der Waals surface area contributed by atoms with Gasteiger partial charge in [-0.3, -0.25) is 9.36 Å². The molecule has 56 heavy (non-hydrogen) atoms. The molecular weight excluding hydrogens is 719 g/mol. The van der Waals surface area contributed by atoms with Gasteiger partial charge in [-0.15, -0.1) is 0 Å². The molecule has 0 rings (SSSR count). The van der Waals surface area contributed by atoms with Gasteiger partial charge in [0.05, 0.1) is 39.9 Å². The number of quaternary nitrogens is 1. The minimum atomic E-state index is -4.58.